The average Bonchev–Trinajstić information content (AvgIpc) is 2.81. The number of hydrogen-bond donors (Lipinski definition) is 1. The first-order valence-corrected chi connectivity index (χ1v) is 12.2. The monoisotopic (exact) mass is 493 g/mol. The van der Waals surface area contributed by atoms with Crippen molar-refractivity contribution in [2.75, 3.05) is 31.7 Å². The van der Waals surface area contributed by atoms with E-state index in [9.17, 15) is 4.79 Å². The molecule has 1 fully saturated rings. The van der Waals surface area contributed by atoms with Crippen LogP contribution in [0.1, 0.15) is 46.4 Å². The molecule has 0 aromatic carbocycles. The van der Waals surface area contributed by atoms with Gasteiger partial charge in [-0.3, -0.25) is 4.98 Å². The molecule has 192 valence electrons. The van der Waals surface area contributed by atoms with Crippen molar-refractivity contribution in [2.24, 2.45) is 0 Å². The summed E-state index contributed by atoms with van der Waals surface area (Å²) < 4.78 is 16.6. The van der Waals surface area contributed by atoms with Crippen LogP contribution in [-0.2, 0) is 14.2 Å². The lowest BCUT2D eigenvalue weighted by molar-refractivity contribution is -0.00545. The van der Waals surface area contributed by atoms with E-state index in [4.69, 9.17) is 24.2 Å². The summed E-state index contributed by atoms with van der Waals surface area (Å²) in [4.78, 5) is 28.9. The van der Waals surface area contributed by atoms with Gasteiger partial charge in [-0.25, -0.2) is 14.8 Å². The molecule has 0 radical (unpaired) electrons. The Morgan fingerprint density at radius 3 is 2.56 bits per heavy atom. The molecule has 1 aliphatic heterocycles. The van der Waals surface area contributed by atoms with Gasteiger partial charge in [0.1, 0.15) is 11.4 Å². The number of rotatable bonds is 6. The lowest BCUT2D eigenvalue weighted by Gasteiger charge is -2.36. The molecule has 1 aliphatic rings. The summed E-state index contributed by atoms with van der Waals surface area (Å²) >= 11 is 0. The van der Waals surface area contributed by atoms with Crippen LogP contribution in [0, 0.1) is 0 Å². The van der Waals surface area contributed by atoms with Crippen molar-refractivity contribution in [1.82, 2.24) is 20.3 Å². The van der Waals surface area contributed by atoms with E-state index in [0.29, 0.717) is 5.69 Å². The van der Waals surface area contributed by atoms with E-state index in [2.05, 4.69) is 29.0 Å². The predicted octanol–water partition coefficient (Wildman–Crippen LogP) is 4.52. The second kappa shape index (κ2) is 10.8. The van der Waals surface area contributed by atoms with E-state index in [1.807, 2.05) is 57.2 Å². The van der Waals surface area contributed by atoms with Crippen LogP contribution in [0.3, 0.4) is 0 Å². The number of carbonyl (C=O) groups excluding carboxylic acids is 1. The topological polar surface area (TPSA) is 98.7 Å². The Labute approximate surface area is 212 Å². The lowest BCUT2D eigenvalue weighted by Crippen LogP contribution is -2.45. The molecule has 36 heavy (non-hydrogen) atoms. The first-order chi connectivity index (χ1) is 17.1. The van der Waals surface area contributed by atoms with Crippen molar-refractivity contribution >= 4 is 22.8 Å². The summed E-state index contributed by atoms with van der Waals surface area (Å²) in [5, 5.41) is 3.74. The van der Waals surface area contributed by atoms with Crippen LogP contribution in [0.2, 0.25) is 0 Å². The van der Waals surface area contributed by atoms with E-state index < -0.39 is 17.7 Å². The van der Waals surface area contributed by atoms with Gasteiger partial charge in [-0.05, 0) is 65.0 Å². The molecule has 9 heteroatoms. The third kappa shape index (κ3) is 6.47. The van der Waals surface area contributed by atoms with Crippen LogP contribution in [0.4, 0.5) is 10.6 Å². The third-order valence-electron chi connectivity index (χ3n) is 5.72. The van der Waals surface area contributed by atoms with Crippen molar-refractivity contribution in [1.29, 1.82) is 0 Å². The number of anilines is 1. The molecule has 9 nitrogen and oxygen atoms in total. The molecule has 1 saturated heterocycles. The second-order valence-corrected chi connectivity index (χ2v) is 10.2. The van der Waals surface area contributed by atoms with Crippen molar-refractivity contribution < 1.29 is 19.0 Å². The highest BCUT2D eigenvalue weighted by atomic mass is 16.6. The van der Waals surface area contributed by atoms with Crippen molar-refractivity contribution in [3.63, 3.8) is 0 Å². The molecule has 0 saturated carbocycles. The highest BCUT2D eigenvalue weighted by Crippen LogP contribution is 2.25. The van der Waals surface area contributed by atoms with Gasteiger partial charge in [0.05, 0.1) is 47.5 Å². The van der Waals surface area contributed by atoms with E-state index in [1.165, 1.54) is 0 Å². The molecule has 1 amide bonds. The first kappa shape index (κ1) is 25.8. The Bertz CT molecular complexity index is 1200. The van der Waals surface area contributed by atoms with Crippen molar-refractivity contribution in [3.8, 4) is 11.4 Å². The van der Waals surface area contributed by atoms with Gasteiger partial charge in [-0.1, -0.05) is 6.07 Å². The fraction of sp³-hybridized carbons (Fsp3) is 0.481. The van der Waals surface area contributed by atoms with Crippen LogP contribution in [0.25, 0.3) is 22.3 Å². The lowest BCUT2D eigenvalue weighted by atomic mass is 10.1. The molecule has 3 aromatic rings. The van der Waals surface area contributed by atoms with Gasteiger partial charge in [0.15, 0.2) is 0 Å². The van der Waals surface area contributed by atoms with Gasteiger partial charge in [0.25, 0.3) is 0 Å². The minimum Gasteiger partial charge on any atom is -0.444 e. The Morgan fingerprint density at radius 2 is 1.86 bits per heavy atom. The van der Waals surface area contributed by atoms with Gasteiger partial charge >= 0.3 is 6.09 Å². The summed E-state index contributed by atoms with van der Waals surface area (Å²) in [7, 11) is 1.58. The van der Waals surface area contributed by atoms with Gasteiger partial charge in [0.2, 0.25) is 0 Å². The Balaban J connectivity index is 1.60. The standard InChI is InChI=1S/C27H35N5O4/c1-17-14-32(15-18(2)35-17)25-9-7-8-20(30-25)21-11-10-19-13-28-23(12-22(19)29-21)24(16-34-6)31-26(33)36-27(3,4)5/h7-13,17-18,24H,14-16H2,1-6H3,(H,31,33)/t17-,18+,24?. The molecule has 3 aromatic heterocycles. The van der Waals surface area contributed by atoms with Gasteiger partial charge < -0.3 is 24.4 Å². The zero-order valence-corrected chi connectivity index (χ0v) is 21.8. The minimum absolute atomic E-state index is 0.151. The number of methoxy groups -OCH3 is 1. The smallest absolute Gasteiger partial charge is 0.408 e. The van der Waals surface area contributed by atoms with Crippen molar-refractivity contribution in [2.45, 2.75) is 58.5 Å². The number of alkyl carbamates (subject to hydrolysis) is 1. The zero-order chi connectivity index (χ0) is 25.9. The summed E-state index contributed by atoms with van der Waals surface area (Å²) in [5.74, 6) is 0.911. The molecule has 4 heterocycles. The van der Waals surface area contributed by atoms with Crippen LogP contribution in [-0.4, -0.2) is 65.7 Å². The number of aromatic nitrogens is 3. The Kier molecular flexibility index (Phi) is 7.70. The summed E-state index contributed by atoms with van der Waals surface area (Å²) in [6.07, 6.45) is 1.53. The van der Waals surface area contributed by atoms with E-state index in [0.717, 1.165) is 41.2 Å². The summed E-state index contributed by atoms with van der Waals surface area (Å²) in [5.41, 5.74) is 2.34. The highest BCUT2D eigenvalue weighted by molar-refractivity contribution is 5.81. The highest BCUT2D eigenvalue weighted by Gasteiger charge is 2.24. The maximum atomic E-state index is 12.4. The number of pyridine rings is 3. The maximum Gasteiger partial charge on any atom is 0.408 e. The van der Waals surface area contributed by atoms with Gasteiger partial charge in [-0.2, -0.15) is 0 Å². The molecule has 4 rings (SSSR count). The molecule has 1 N–H and O–H groups in total. The Hall–Kier alpha value is -3.30. The summed E-state index contributed by atoms with van der Waals surface area (Å²) in [6.45, 7) is 11.5. The Morgan fingerprint density at radius 1 is 1.14 bits per heavy atom. The van der Waals surface area contributed by atoms with Crippen LogP contribution in [0.15, 0.2) is 42.6 Å². The number of ether oxygens (including phenoxy) is 3. The second-order valence-electron chi connectivity index (χ2n) is 10.2. The minimum atomic E-state index is -0.603. The first-order valence-electron chi connectivity index (χ1n) is 12.2. The molecule has 0 aliphatic carbocycles. The predicted molar refractivity (Wildman–Crippen MR) is 139 cm³/mol. The van der Waals surface area contributed by atoms with Gasteiger partial charge in [0, 0.05) is 31.8 Å². The molecular weight excluding hydrogens is 458 g/mol. The van der Waals surface area contributed by atoms with Crippen molar-refractivity contribution in [3.05, 3.63) is 48.3 Å². The zero-order valence-electron chi connectivity index (χ0n) is 21.8. The fourth-order valence-electron chi connectivity index (χ4n) is 4.29. The van der Waals surface area contributed by atoms with Crippen LogP contribution >= 0.6 is 0 Å². The third-order valence-corrected chi connectivity index (χ3v) is 5.72. The number of nitrogens with one attached hydrogen (secondary N) is 1. The fourth-order valence-corrected chi connectivity index (χ4v) is 4.29. The molecule has 0 spiro atoms. The molecule has 1 unspecified atom stereocenters. The number of amides is 1. The SMILES string of the molecule is COCC(NC(=O)OC(C)(C)C)c1cc2nc(-c3cccc(N4C[C@@H](C)O[C@@H](C)C4)n3)ccc2cn1. The molecule has 0 bridgehead atoms. The maximum absolute atomic E-state index is 12.4. The van der Waals surface area contributed by atoms with E-state index in [-0.39, 0.29) is 18.8 Å². The summed E-state index contributed by atoms with van der Waals surface area (Å²) in [6, 6.07) is 11.3. The van der Waals surface area contributed by atoms with Crippen LogP contribution < -0.4 is 10.2 Å². The normalized spacial score (nSPS) is 19.2. The van der Waals surface area contributed by atoms with E-state index in [1.54, 1.807) is 13.3 Å². The largest absolute Gasteiger partial charge is 0.444 e. The number of hydrogen-bond acceptors (Lipinski definition) is 8. The quantitative estimate of drug-likeness (QED) is 0.535. The average molecular weight is 494 g/mol. The number of nitrogens with zero attached hydrogens (tertiary/aromatic N) is 4. The van der Waals surface area contributed by atoms with E-state index >= 15 is 0 Å². The van der Waals surface area contributed by atoms with Crippen LogP contribution in [0.5, 0.6) is 0 Å². The van der Waals surface area contributed by atoms with Gasteiger partial charge in [-0.15, -0.1) is 0 Å². The number of carbonyl (C=O) groups is 1. The number of morpholine rings is 1. The molecule has 3 atom stereocenters. The molecular formula is C27H35N5O4. The number of fused-ring (bicyclic) bond motifs is 1.